The third-order valence-electron chi connectivity index (χ3n) is 3.82. The van der Waals surface area contributed by atoms with E-state index in [1.54, 1.807) is 18.3 Å². The Morgan fingerprint density at radius 3 is 2.68 bits per heavy atom. The van der Waals surface area contributed by atoms with Crippen LogP contribution in [0.15, 0.2) is 41.1 Å². The molecule has 0 fully saturated rings. The van der Waals surface area contributed by atoms with Gasteiger partial charge in [-0.05, 0) is 43.2 Å². The number of furan rings is 1. The molecule has 6 nitrogen and oxygen atoms in total. The lowest BCUT2D eigenvalue weighted by Gasteiger charge is -2.09. The van der Waals surface area contributed by atoms with Crippen LogP contribution in [0.1, 0.15) is 28.3 Å². The number of rotatable bonds is 8. The van der Waals surface area contributed by atoms with E-state index in [0.29, 0.717) is 33.1 Å². The average molecular weight is 443 g/mol. The highest BCUT2D eigenvalue weighted by atomic mass is 35.5. The normalized spacial score (nSPS) is 10.9. The smallest absolute Gasteiger partial charge is 0.286 e. The van der Waals surface area contributed by atoms with E-state index >= 15 is 0 Å². The molecule has 9 heteroatoms. The van der Waals surface area contributed by atoms with Crippen molar-refractivity contribution in [3.05, 3.63) is 68.8 Å². The predicted molar refractivity (Wildman–Crippen MR) is 108 cm³/mol. The number of aromatic nitrogens is 2. The largest absolute Gasteiger partial charge is 0.483 e. The summed E-state index contributed by atoms with van der Waals surface area (Å²) in [5.41, 5.74) is 1.11. The number of hydrogen-bond donors (Lipinski definition) is 1. The number of benzene rings is 1. The standard InChI is InChI=1S/C19H18Cl3N3O3/c1-12-9-24-25(10-12)6-2-5-23-19(26)17-4-3-14(28-17)11-27-18-15(21)7-13(20)8-16(18)22/h3-4,7-10H,2,5-6,11H2,1H3,(H,23,26). The number of nitrogens with one attached hydrogen (secondary N) is 1. The average Bonchev–Trinajstić information content (AvgIpc) is 3.27. The number of carbonyl (C=O) groups is 1. The highest BCUT2D eigenvalue weighted by molar-refractivity contribution is 6.40. The maximum absolute atomic E-state index is 12.2. The summed E-state index contributed by atoms with van der Waals surface area (Å²) in [6.45, 7) is 3.31. The molecule has 1 amide bonds. The minimum absolute atomic E-state index is 0.0764. The van der Waals surface area contributed by atoms with E-state index < -0.39 is 0 Å². The summed E-state index contributed by atoms with van der Waals surface area (Å²) in [5.74, 6) is 0.704. The van der Waals surface area contributed by atoms with Crippen LogP contribution in [0.2, 0.25) is 15.1 Å². The highest BCUT2D eigenvalue weighted by Gasteiger charge is 2.13. The lowest BCUT2D eigenvalue weighted by atomic mass is 10.3. The number of amides is 1. The molecular formula is C19H18Cl3N3O3. The number of ether oxygens (including phenoxy) is 1. The number of nitrogens with zero attached hydrogens (tertiary/aromatic N) is 2. The first-order valence-electron chi connectivity index (χ1n) is 8.55. The van der Waals surface area contributed by atoms with Gasteiger partial charge in [0.2, 0.25) is 0 Å². The van der Waals surface area contributed by atoms with Crippen molar-refractivity contribution in [3.63, 3.8) is 0 Å². The summed E-state index contributed by atoms with van der Waals surface area (Å²) in [6.07, 6.45) is 4.52. The fourth-order valence-electron chi connectivity index (χ4n) is 2.51. The molecule has 0 radical (unpaired) electrons. The van der Waals surface area contributed by atoms with E-state index in [9.17, 15) is 4.79 Å². The van der Waals surface area contributed by atoms with Gasteiger partial charge in [-0.2, -0.15) is 5.10 Å². The zero-order valence-corrected chi connectivity index (χ0v) is 17.3. The van der Waals surface area contributed by atoms with Crippen molar-refractivity contribution in [1.82, 2.24) is 15.1 Å². The molecule has 1 aromatic carbocycles. The van der Waals surface area contributed by atoms with Gasteiger partial charge in [-0.3, -0.25) is 9.48 Å². The second kappa shape index (κ2) is 9.37. The van der Waals surface area contributed by atoms with E-state index in [0.717, 1.165) is 18.5 Å². The van der Waals surface area contributed by atoms with Crippen LogP contribution in [0.3, 0.4) is 0 Å². The Hall–Kier alpha value is -2.15. The molecule has 0 aliphatic heterocycles. The molecule has 3 rings (SSSR count). The molecule has 3 aromatic rings. The van der Waals surface area contributed by atoms with Crippen LogP contribution >= 0.6 is 34.8 Å². The van der Waals surface area contributed by atoms with Gasteiger partial charge >= 0.3 is 0 Å². The topological polar surface area (TPSA) is 69.3 Å². The van der Waals surface area contributed by atoms with Crippen LogP contribution in [0.4, 0.5) is 0 Å². The molecule has 0 atom stereocenters. The molecule has 0 spiro atoms. The fraction of sp³-hybridized carbons (Fsp3) is 0.263. The SMILES string of the molecule is Cc1cnn(CCCNC(=O)c2ccc(COc3c(Cl)cc(Cl)cc3Cl)o2)c1. The molecule has 1 N–H and O–H groups in total. The van der Waals surface area contributed by atoms with Crippen LogP contribution < -0.4 is 10.1 Å². The van der Waals surface area contributed by atoms with Gasteiger partial charge in [-0.1, -0.05) is 34.8 Å². The van der Waals surface area contributed by atoms with E-state index in [-0.39, 0.29) is 18.3 Å². The third-order valence-corrected chi connectivity index (χ3v) is 4.60. The van der Waals surface area contributed by atoms with Gasteiger partial charge in [0.1, 0.15) is 12.4 Å². The number of halogens is 3. The molecule has 0 saturated heterocycles. The van der Waals surface area contributed by atoms with E-state index in [2.05, 4.69) is 10.4 Å². The minimum Gasteiger partial charge on any atom is -0.483 e. The number of hydrogen-bond acceptors (Lipinski definition) is 4. The summed E-state index contributed by atoms with van der Waals surface area (Å²) in [5, 5.41) is 8.04. The zero-order chi connectivity index (χ0) is 20.1. The summed E-state index contributed by atoms with van der Waals surface area (Å²) in [6, 6.07) is 6.33. The van der Waals surface area contributed by atoms with Crippen LogP contribution in [-0.4, -0.2) is 22.2 Å². The van der Waals surface area contributed by atoms with Crippen molar-refractivity contribution in [2.75, 3.05) is 6.54 Å². The Balaban J connectivity index is 1.47. The van der Waals surface area contributed by atoms with Crippen molar-refractivity contribution >= 4 is 40.7 Å². The summed E-state index contributed by atoms with van der Waals surface area (Å²) in [4.78, 5) is 12.2. The van der Waals surface area contributed by atoms with Gasteiger partial charge in [0.15, 0.2) is 11.5 Å². The second-order valence-electron chi connectivity index (χ2n) is 6.14. The fourth-order valence-corrected chi connectivity index (χ4v) is 3.43. The lowest BCUT2D eigenvalue weighted by Crippen LogP contribution is -2.24. The van der Waals surface area contributed by atoms with Crippen molar-refractivity contribution in [2.45, 2.75) is 26.5 Å². The molecule has 0 aliphatic carbocycles. The quantitative estimate of drug-likeness (QED) is 0.490. The Kier molecular flexibility index (Phi) is 6.88. The zero-order valence-electron chi connectivity index (χ0n) is 15.0. The minimum atomic E-state index is -0.287. The van der Waals surface area contributed by atoms with Gasteiger partial charge < -0.3 is 14.5 Å². The molecule has 0 saturated carbocycles. The lowest BCUT2D eigenvalue weighted by molar-refractivity contribution is 0.0921. The first-order valence-corrected chi connectivity index (χ1v) is 9.69. The molecule has 0 aliphatic rings. The van der Waals surface area contributed by atoms with E-state index in [1.807, 2.05) is 17.8 Å². The highest BCUT2D eigenvalue weighted by Crippen LogP contribution is 2.36. The third kappa shape index (κ3) is 5.44. The van der Waals surface area contributed by atoms with Crippen molar-refractivity contribution in [1.29, 1.82) is 0 Å². The molecular weight excluding hydrogens is 425 g/mol. The van der Waals surface area contributed by atoms with E-state index in [4.69, 9.17) is 44.0 Å². The summed E-state index contributed by atoms with van der Waals surface area (Å²) in [7, 11) is 0. The molecule has 28 heavy (non-hydrogen) atoms. The number of carbonyl (C=O) groups excluding carboxylic acids is 1. The maximum atomic E-state index is 12.2. The maximum Gasteiger partial charge on any atom is 0.286 e. The number of aryl methyl sites for hydroxylation is 2. The monoisotopic (exact) mass is 441 g/mol. The van der Waals surface area contributed by atoms with Crippen molar-refractivity contribution in [2.24, 2.45) is 0 Å². The molecule has 0 bridgehead atoms. The molecule has 148 valence electrons. The van der Waals surface area contributed by atoms with Crippen LogP contribution in [0.25, 0.3) is 0 Å². The first kappa shape index (κ1) is 20.6. The summed E-state index contributed by atoms with van der Waals surface area (Å²) >= 11 is 18.0. The first-order chi connectivity index (χ1) is 13.4. The van der Waals surface area contributed by atoms with Gasteiger partial charge in [-0.15, -0.1) is 0 Å². The van der Waals surface area contributed by atoms with Crippen LogP contribution in [0, 0.1) is 6.92 Å². The van der Waals surface area contributed by atoms with Gasteiger partial charge in [-0.25, -0.2) is 0 Å². The van der Waals surface area contributed by atoms with E-state index in [1.165, 1.54) is 12.1 Å². The van der Waals surface area contributed by atoms with Gasteiger partial charge in [0.05, 0.1) is 16.2 Å². The van der Waals surface area contributed by atoms with Crippen molar-refractivity contribution < 1.29 is 13.9 Å². The predicted octanol–water partition coefficient (Wildman–Crippen LogP) is 5.14. The molecule has 2 heterocycles. The second-order valence-corrected chi connectivity index (χ2v) is 7.39. The Labute approximate surface area is 177 Å². The Morgan fingerprint density at radius 1 is 1.25 bits per heavy atom. The van der Waals surface area contributed by atoms with Crippen LogP contribution in [0.5, 0.6) is 5.75 Å². The Morgan fingerprint density at radius 2 is 2.00 bits per heavy atom. The van der Waals surface area contributed by atoms with Gasteiger partial charge in [0.25, 0.3) is 5.91 Å². The molecule has 2 aromatic heterocycles. The van der Waals surface area contributed by atoms with Crippen LogP contribution in [-0.2, 0) is 13.2 Å². The van der Waals surface area contributed by atoms with Crippen molar-refractivity contribution in [3.8, 4) is 5.75 Å². The summed E-state index contributed by atoms with van der Waals surface area (Å²) < 4.78 is 13.0. The van der Waals surface area contributed by atoms with Gasteiger partial charge in [0, 0.05) is 24.3 Å². The molecule has 0 unspecified atom stereocenters. The Bertz CT molecular complexity index is 945.